The average Bonchev–Trinajstić information content (AvgIpc) is 2.85. The number of hydrogen-bond acceptors (Lipinski definition) is 5. The Balaban J connectivity index is 2.09. The van der Waals surface area contributed by atoms with Crippen LogP contribution in [0.4, 0.5) is 5.13 Å². The topological polar surface area (TPSA) is 79.4 Å². The fraction of sp³-hybridized carbons (Fsp3) is 0.231. The third-order valence-electron chi connectivity index (χ3n) is 2.89. The van der Waals surface area contributed by atoms with Crippen molar-refractivity contribution >= 4 is 55.6 Å². The molecular weight excluding hydrogens is 381 g/mol. The Morgan fingerprint density at radius 1 is 1.39 bits per heavy atom. The van der Waals surface area contributed by atoms with Crippen LogP contribution in [0, 0.1) is 0 Å². The lowest BCUT2D eigenvalue weighted by molar-refractivity contribution is -0.116. The molecular formula is C13H13Cl2N3O3S2. The van der Waals surface area contributed by atoms with E-state index in [0.717, 1.165) is 10.6 Å². The zero-order valence-electron chi connectivity index (χ0n) is 12.2. The van der Waals surface area contributed by atoms with Gasteiger partial charge in [-0.15, -0.1) is 11.3 Å². The molecule has 2 aromatic rings. The fourth-order valence-corrected chi connectivity index (χ4v) is 3.21. The maximum atomic E-state index is 11.8. The third-order valence-corrected chi connectivity index (χ3v) is 5.46. The van der Waals surface area contributed by atoms with Gasteiger partial charge in [-0.1, -0.05) is 23.2 Å². The minimum Gasteiger partial charge on any atom is -0.301 e. The maximum absolute atomic E-state index is 11.8. The van der Waals surface area contributed by atoms with E-state index in [1.165, 1.54) is 18.4 Å². The Bertz CT molecular complexity index is 837. The summed E-state index contributed by atoms with van der Waals surface area (Å²) in [6, 6.07) is 5.04. The summed E-state index contributed by atoms with van der Waals surface area (Å²) in [5, 5.41) is 5.64. The van der Waals surface area contributed by atoms with Crippen molar-refractivity contribution in [1.29, 1.82) is 0 Å². The highest BCUT2D eigenvalue weighted by Crippen LogP contribution is 2.32. The van der Waals surface area contributed by atoms with Crippen LogP contribution in [0.3, 0.4) is 0 Å². The number of rotatable bonds is 5. The summed E-state index contributed by atoms with van der Waals surface area (Å²) in [4.78, 5) is 16.1. The predicted octanol–water partition coefficient (Wildman–Crippen LogP) is 2.95. The first-order valence-corrected chi connectivity index (χ1v) is 9.77. The first-order valence-electron chi connectivity index (χ1n) is 6.29. The van der Waals surface area contributed by atoms with Gasteiger partial charge in [-0.05, 0) is 18.2 Å². The molecule has 1 aromatic heterocycles. The van der Waals surface area contributed by atoms with Gasteiger partial charge in [0.1, 0.15) is 0 Å². The van der Waals surface area contributed by atoms with E-state index in [4.69, 9.17) is 23.2 Å². The van der Waals surface area contributed by atoms with Gasteiger partial charge in [0.05, 0.1) is 23.5 Å². The molecule has 124 valence electrons. The van der Waals surface area contributed by atoms with Crippen LogP contribution < -0.4 is 5.32 Å². The lowest BCUT2D eigenvalue weighted by Gasteiger charge is -2.12. The smallest absolute Gasteiger partial charge is 0.241 e. The van der Waals surface area contributed by atoms with Crippen molar-refractivity contribution < 1.29 is 13.2 Å². The van der Waals surface area contributed by atoms with E-state index in [-0.39, 0.29) is 6.54 Å². The van der Waals surface area contributed by atoms with E-state index in [9.17, 15) is 13.2 Å². The normalized spacial score (nSPS) is 11.7. The second kappa shape index (κ2) is 7.14. The number of thiazole rings is 1. The molecule has 1 amide bonds. The van der Waals surface area contributed by atoms with E-state index >= 15 is 0 Å². The molecule has 1 N–H and O–H groups in total. The van der Waals surface area contributed by atoms with E-state index in [0.29, 0.717) is 26.4 Å². The Morgan fingerprint density at radius 2 is 2.09 bits per heavy atom. The van der Waals surface area contributed by atoms with Crippen LogP contribution in [-0.4, -0.2) is 43.5 Å². The van der Waals surface area contributed by atoms with Crippen LogP contribution in [0.5, 0.6) is 0 Å². The lowest BCUT2D eigenvalue weighted by Crippen LogP contribution is -2.34. The van der Waals surface area contributed by atoms with Crippen LogP contribution in [0.2, 0.25) is 10.0 Å². The highest BCUT2D eigenvalue weighted by Gasteiger charge is 2.16. The quantitative estimate of drug-likeness (QED) is 0.846. The Hall–Kier alpha value is -1.19. The molecule has 0 fully saturated rings. The highest BCUT2D eigenvalue weighted by molar-refractivity contribution is 7.88. The lowest BCUT2D eigenvalue weighted by atomic mass is 10.2. The van der Waals surface area contributed by atoms with Crippen molar-refractivity contribution in [3.63, 3.8) is 0 Å². The number of anilines is 1. The van der Waals surface area contributed by atoms with Crippen molar-refractivity contribution in [3.05, 3.63) is 33.6 Å². The molecule has 0 saturated heterocycles. The minimum atomic E-state index is -3.41. The number of nitrogens with one attached hydrogen (secondary N) is 1. The van der Waals surface area contributed by atoms with E-state index in [1.807, 2.05) is 0 Å². The van der Waals surface area contributed by atoms with Crippen molar-refractivity contribution in [2.24, 2.45) is 0 Å². The molecule has 2 rings (SSSR count). The molecule has 23 heavy (non-hydrogen) atoms. The number of sulfonamides is 1. The SMILES string of the molecule is CN(CC(=O)Nc1nc(-c2ccc(Cl)cc2Cl)cs1)S(C)(=O)=O. The summed E-state index contributed by atoms with van der Waals surface area (Å²) in [6.07, 6.45) is 1.03. The summed E-state index contributed by atoms with van der Waals surface area (Å²) < 4.78 is 23.5. The second-order valence-electron chi connectivity index (χ2n) is 4.73. The van der Waals surface area contributed by atoms with Crippen LogP contribution in [0.25, 0.3) is 11.3 Å². The maximum Gasteiger partial charge on any atom is 0.241 e. The molecule has 0 radical (unpaired) electrons. The summed E-state index contributed by atoms with van der Waals surface area (Å²) in [7, 11) is -2.08. The van der Waals surface area contributed by atoms with Crippen molar-refractivity contribution in [2.75, 3.05) is 25.2 Å². The second-order valence-corrected chi connectivity index (χ2v) is 8.52. The number of amides is 1. The van der Waals surface area contributed by atoms with Gasteiger partial charge in [0.15, 0.2) is 5.13 Å². The van der Waals surface area contributed by atoms with Crippen molar-refractivity contribution in [2.45, 2.75) is 0 Å². The minimum absolute atomic E-state index is 0.282. The molecule has 0 unspecified atom stereocenters. The standard InChI is InChI=1S/C13H13Cl2N3O3S2/c1-18(23(2,20)21)6-12(19)17-13-16-11(7-22-13)9-4-3-8(14)5-10(9)15/h3-5,7H,6H2,1-2H3,(H,16,17,19). The van der Waals surface area contributed by atoms with Gasteiger partial charge in [-0.25, -0.2) is 13.4 Å². The zero-order valence-corrected chi connectivity index (χ0v) is 15.4. The molecule has 0 aliphatic rings. The fourth-order valence-electron chi connectivity index (χ4n) is 1.63. The predicted molar refractivity (Wildman–Crippen MR) is 93.7 cm³/mol. The van der Waals surface area contributed by atoms with Crippen molar-refractivity contribution in [3.8, 4) is 11.3 Å². The van der Waals surface area contributed by atoms with Gasteiger partial charge in [0.25, 0.3) is 0 Å². The van der Waals surface area contributed by atoms with E-state index in [2.05, 4.69) is 10.3 Å². The number of nitrogens with zero attached hydrogens (tertiary/aromatic N) is 2. The number of likely N-dealkylation sites (N-methyl/N-ethyl adjacent to an activating group) is 1. The van der Waals surface area contributed by atoms with Gasteiger partial charge in [0, 0.05) is 23.0 Å². The summed E-state index contributed by atoms with van der Waals surface area (Å²) in [5.74, 6) is -0.471. The van der Waals surface area contributed by atoms with Crippen LogP contribution in [-0.2, 0) is 14.8 Å². The number of aromatic nitrogens is 1. The van der Waals surface area contributed by atoms with Crippen LogP contribution >= 0.6 is 34.5 Å². The first-order chi connectivity index (χ1) is 10.7. The Kier molecular flexibility index (Phi) is 5.64. The Morgan fingerprint density at radius 3 is 2.70 bits per heavy atom. The zero-order chi connectivity index (χ0) is 17.2. The Labute approximate surface area is 148 Å². The number of benzene rings is 1. The van der Waals surface area contributed by atoms with E-state index in [1.54, 1.807) is 23.6 Å². The molecule has 0 aliphatic heterocycles. The largest absolute Gasteiger partial charge is 0.301 e. The molecule has 6 nitrogen and oxygen atoms in total. The number of hydrogen-bond donors (Lipinski definition) is 1. The molecule has 10 heteroatoms. The summed E-state index contributed by atoms with van der Waals surface area (Å²) >= 11 is 13.2. The molecule has 0 bridgehead atoms. The third kappa shape index (κ3) is 4.89. The number of carbonyl (C=O) groups is 1. The van der Waals surface area contributed by atoms with Gasteiger partial charge >= 0.3 is 0 Å². The first kappa shape index (κ1) is 18.2. The molecule has 0 spiro atoms. The number of carbonyl (C=O) groups excluding carboxylic acids is 1. The van der Waals surface area contributed by atoms with Gasteiger partial charge < -0.3 is 5.32 Å². The van der Waals surface area contributed by atoms with Gasteiger partial charge in [-0.2, -0.15) is 4.31 Å². The highest BCUT2D eigenvalue weighted by atomic mass is 35.5. The molecule has 0 saturated carbocycles. The summed E-state index contributed by atoms with van der Waals surface area (Å²) in [5.41, 5.74) is 1.30. The van der Waals surface area contributed by atoms with Crippen molar-refractivity contribution in [1.82, 2.24) is 9.29 Å². The van der Waals surface area contributed by atoms with E-state index < -0.39 is 15.9 Å². The van der Waals surface area contributed by atoms with Gasteiger partial charge in [0.2, 0.25) is 15.9 Å². The average molecular weight is 394 g/mol. The number of halogens is 2. The monoisotopic (exact) mass is 393 g/mol. The molecule has 0 atom stereocenters. The van der Waals surface area contributed by atoms with Gasteiger partial charge in [-0.3, -0.25) is 4.79 Å². The molecule has 0 aliphatic carbocycles. The van der Waals surface area contributed by atoms with Crippen LogP contribution in [0.15, 0.2) is 23.6 Å². The summed E-state index contributed by atoms with van der Waals surface area (Å²) in [6.45, 7) is -0.282. The molecule has 1 aromatic carbocycles. The molecule has 1 heterocycles. The van der Waals surface area contributed by atoms with Crippen LogP contribution in [0.1, 0.15) is 0 Å².